The van der Waals surface area contributed by atoms with Gasteiger partial charge < -0.3 is 15.2 Å². The molecule has 2 N–H and O–H groups in total. The zero-order valence-corrected chi connectivity index (χ0v) is 11.5. The van der Waals surface area contributed by atoms with Gasteiger partial charge in [-0.1, -0.05) is 6.07 Å². The van der Waals surface area contributed by atoms with Gasteiger partial charge in [0.15, 0.2) is 5.78 Å². The van der Waals surface area contributed by atoms with Crippen LogP contribution in [0.5, 0.6) is 0 Å². The molecule has 0 aromatic heterocycles. The van der Waals surface area contributed by atoms with Crippen molar-refractivity contribution in [3.05, 3.63) is 40.7 Å². The fourth-order valence-corrected chi connectivity index (χ4v) is 2.31. The quantitative estimate of drug-likeness (QED) is 0.633. The smallest absolute Gasteiger partial charge is 0.259 e. The molecule has 1 atom stereocenters. The standard InChI is InChI=1S/C15H11FN2O4/c1-15(7-17)10-3-2-8(16)6-9(10)12(20)11(13(15)21)14(22)18-4-5-19/h2-3,5-6,20H,4H2,1H3,(H,18,22)/t15-/m0/s1. The Morgan fingerprint density at radius 2 is 2.23 bits per heavy atom. The lowest BCUT2D eigenvalue weighted by Gasteiger charge is -2.29. The summed E-state index contributed by atoms with van der Waals surface area (Å²) < 4.78 is 13.4. The number of aliphatic hydroxyl groups excluding tert-OH is 1. The van der Waals surface area contributed by atoms with Crippen molar-refractivity contribution in [1.82, 2.24) is 5.32 Å². The Balaban J connectivity index is 2.71. The van der Waals surface area contributed by atoms with Crippen LogP contribution in [-0.2, 0) is 19.8 Å². The van der Waals surface area contributed by atoms with Gasteiger partial charge in [-0.05, 0) is 24.6 Å². The number of carbonyl (C=O) groups excluding carboxylic acids is 3. The Hall–Kier alpha value is -3.01. The molecule has 0 bridgehead atoms. The third-order valence-electron chi connectivity index (χ3n) is 3.49. The summed E-state index contributed by atoms with van der Waals surface area (Å²) in [4.78, 5) is 34.7. The van der Waals surface area contributed by atoms with Crippen LogP contribution in [0.15, 0.2) is 23.8 Å². The van der Waals surface area contributed by atoms with Gasteiger partial charge in [0.2, 0.25) is 0 Å². The molecule has 0 spiro atoms. The molecule has 0 heterocycles. The van der Waals surface area contributed by atoms with Gasteiger partial charge in [-0.25, -0.2) is 4.39 Å². The first-order valence-electron chi connectivity index (χ1n) is 6.28. The average molecular weight is 302 g/mol. The molecule has 2 rings (SSSR count). The van der Waals surface area contributed by atoms with E-state index in [1.165, 1.54) is 13.0 Å². The van der Waals surface area contributed by atoms with Crippen molar-refractivity contribution >= 4 is 23.7 Å². The van der Waals surface area contributed by atoms with Gasteiger partial charge in [-0.15, -0.1) is 0 Å². The molecule has 1 aliphatic carbocycles. The summed E-state index contributed by atoms with van der Waals surface area (Å²) in [6.45, 7) is 0.924. The van der Waals surface area contributed by atoms with Crippen LogP contribution in [-0.4, -0.2) is 29.6 Å². The van der Waals surface area contributed by atoms with Crippen molar-refractivity contribution in [3.63, 3.8) is 0 Å². The maximum atomic E-state index is 13.4. The van der Waals surface area contributed by atoms with Crippen LogP contribution in [0.2, 0.25) is 0 Å². The highest BCUT2D eigenvalue weighted by molar-refractivity contribution is 6.29. The topological polar surface area (TPSA) is 107 Å². The lowest BCUT2D eigenvalue weighted by molar-refractivity contribution is -0.125. The van der Waals surface area contributed by atoms with Crippen LogP contribution in [0, 0.1) is 17.1 Å². The highest BCUT2D eigenvalue weighted by atomic mass is 19.1. The van der Waals surface area contributed by atoms with Crippen molar-refractivity contribution in [2.45, 2.75) is 12.3 Å². The molecule has 7 heteroatoms. The molecule has 112 valence electrons. The maximum Gasteiger partial charge on any atom is 0.259 e. The van der Waals surface area contributed by atoms with Gasteiger partial charge >= 0.3 is 0 Å². The molecule has 0 unspecified atom stereocenters. The molecule has 6 nitrogen and oxygen atoms in total. The fraction of sp³-hybridized carbons (Fsp3) is 0.200. The number of hydrogen-bond acceptors (Lipinski definition) is 5. The van der Waals surface area contributed by atoms with Crippen LogP contribution < -0.4 is 5.32 Å². The van der Waals surface area contributed by atoms with Crippen LogP contribution >= 0.6 is 0 Å². The minimum absolute atomic E-state index is 0.0973. The normalized spacial score (nSPS) is 20.1. The summed E-state index contributed by atoms with van der Waals surface area (Å²) >= 11 is 0. The van der Waals surface area contributed by atoms with Crippen molar-refractivity contribution < 1.29 is 23.9 Å². The van der Waals surface area contributed by atoms with E-state index < -0.39 is 34.3 Å². The number of aliphatic hydroxyl groups is 1. The molecule has 1 aliphatic rings. The number of ketones is 1. The van der Waals surface area contributed by atoms with Gasteiger partial charge in [0.25, 0.3) is 5.91 Å². The van der Waals surface area contributed by atoms with Gasteiger partial charge in [0, 0.05) is 5.56 Å². The van der Waals surface area contributed by atoms with E-state index in [1.807, 2.05) is 0 Å². The summed E-state index contributed by atoms with van der Waals surface area (Å²) in [6.07, 6.45) is 0.403. The van der Waals surface area contributed by atoms with E-state index in [0.29, 0.717) is 6.29 Å². The largest absolute Gasteiger partial charge is 0.506 e. The van der Waals surface area contributed by atoms with Gasteiger partial charge in [0.05, 0.1) is 12.6 Å². The molecular formula is C15H11FN2O4. The number of amides is 1. The SMILES string of the molecule is C[C@@]1(C#N)C(=O)C(C(=O)NCC=O)=C(O)c2cc(F)ccc21. The molecular weight excluding hydrogens is 291 g/mol. The second-order valence-corrected chi connectivity index (χ2v) is 4.86. The van der Waals surface area contributed by atoms with Crippen LogP contribution in [0.4, 0.5) is 4.39 Å². The number of nitrogens with zero attached hydrogens (tertiary/aromatic N) is 1. The van der Waals surface area contributed by atoms with Crippen LogP contribution in [0.25, 0.3) is 5.76 Å². The predicted molar refractivity (Wildman–Crippen MR) is 73.0 cm³/mol. The molecule has 22 heavy (non-hydrogen) atoms. The van der Waals surface area contributed by atoms with E-state index in [-0.39, 0.29) is 17.7 Å². The minimum atomic E-state index is -1.73. The van der Waals surface area contributed by atoms with Gasteiger partial charge in [0.1, 0.15) is 28.9 Å². The molecule has 0 fully saturated rings. The number of hydrogen-bond donors (Lipinski definition) is 2. The van der Waals surface area contributed by atoms with E-state index >= 15 is 0 Å². The molecule has 0 saturated carbocycles. The molecule has 0 radical (unpaired) electrons. The number of nitriles is 1. The molecule has 1 amide bonds. The van der Waals surface area contributed by atoms with E-state index in [2.05, 4.69) is 5.32 Å². The van der Waals surface area contributed by atoms with E-state index in [0.717, 1.165) is 12.1 Å². The number of nitrogens with one attached hydrogen (secondary N) is 1. The Morgan fingerprint density at radius 1 is 1.55 bits per heavy atom. The lowest BCUT2D eigenvalue weighted by Crippen LogP contribution is -2.42. The second-order valence-electron chi connectivity index (χ2n) is 4.86. The van der Waals surface area contributed by atoms with E-state index in [1.54, 1.807) is 6.07 Å². The Kier molecular flexibility index (Phi) is 3.78. The summed E-state index contributed by atoms with van der Waals surface area (Å²) in [5.41, 5.74) is -2.38. The average Bonchev–Trinajstić information content (AvgIpc) is 2.50. The van der Waals surface area contributed by atoms with Crippen molar-refractivity contribution in [3.8, 4) is 6.07 Å². The first-order chi connectivity index (χ1) is 10.4. The van der Waals surface area contributed by atoms with Crippen LogP contribution in [0.3, 0.4) is 0 Å². The monoisotopic (exact) mass is 302 g/mol. The molecule has 0 aliphatic heterocycles. The first kappa shape index (κ1) is 15.4. The third-order valence-corrected chi connectivity index (χ3v) is 3.49. The maximum absolute atomic E-state index is 13.4. The zero-order chi connectivity index (χ0) is 16.5. The van der Waals surface area contributed by atoms with E-state index in [4.69, 9.17) is 0 Å². The Labute approximate surface area is 124 Å². The molecule has 1 aromatic carbocycles. The molecule has 1 aromatic rings. The van der Waals surface area contributed by atoms with Gasteiger partial charge in [-0.2, -0.15) is 5.26 Å². The summed E-state index contributed by atoms with van der Waals surface area (Å²) in [5, 5.41) is 21.6. The predicted octanol–water partition coefficient (Wildman–Crippen LogP) is 0.774. The number of aldehydes is 1. The zero-order valence-electron chi connectivity index (χ0n) is 11.5. The van der Waals surface area contributed by atoms with Crippen molar-refractivity contribution in [2.75, 3.05) is 6.54 Å². The molecule has 0 saturated heterocycles. The van der Waals surface area contributed by atoms with Gasteiger partial charge in [-0.3, -0.25) is 9.59 Å². The first-order valence-corrected chi connectivity index (χ1v) is 6.28. The van der Waals surface area contributed by atoms with Crippen molar-refractivity contribution in [1.29, 1.82) is 5.26 Å². The van der Waals surface area contributed by atoms with Crippen molar-refractivity contribution in [2.24, 2.45) is 0 Å². The van der Waals surface area contributed by atoms with Crippen LogP contribution in [0.1, 0.15) is 18.1 Å². The number of rotatable bonds is 3. The number of halogens is 1. The minimum Gasteiger partial charge on any atom is -0.506 e. The lowest BCUT2D eigenvalue weighted by atomic mass is 9.70. The van der Waals surface area contributed by atoms with E-state index in [9.17, 15) is 29.1 Å². The third kappa shape index (κ3) is 2.15. The Morgan fingerprint density at radius 3 is 2.82 bits per heavy atom. The Bertz CT molecular complexity index is 763. The second kappa shape index (κ2) is 5.41. The number of benzene rings is 1. The fourth-order valence-electron chi connectivity index (χ4n) is 2.31. The number of fused-ring (bicyclic) bond motifs is 1. The number of Topliss-reactive ketones (excluding diaryl/α,β-unsaturated/α-hetero) is 1. The summed E-state index contributed by atoms with van der Waals surface area (Å²) in [5.74, 6) is -3.30. The highest BCUT2D eigenvalue weighted by Gasteiger charge is 2.47. The highest BCUT2D eigenvalue weighted by Crippen LogP contribution is 2.39. The summed E-state index contributed by atoms with van der Waals surface area (Å²) in [7, 11) is 0. The summed E-state index contributed by atoms with van der Waals surface area (Å²) in [6, 6.07) is 5.03. The number of carbonyl (C=O) groups is 3.